The third-order valence-corrected chi connectivity index (χ3v) is 14.1. The standard InChI is InChI=1S/C46H30N4S3/c1-2-10-28(11-3-1)43-48-44(34-15-8-13-32-31-12-4-6-18-38(31)51-41(32)34)50-45(49-43)35-16-9-14-33-36-26-30(24-25-39(36)52-42(33)35)27-20-22-29(23-21-27)46-47-37-17-5-7-19-40(37)53-46/h1-22,25-26,29-30H,23-24H2. The molecule has 0 saturated carbocycles. The van der Waals surface area contributed by atoms with Gasteiger partial charge in [0.05, 0.1) is 10.2 Å². The molecule has 53 heavy (non-hydrogen) atoms. The average molecular weight is 735 g/mol. The second-order valence-corrected chi connectivity index (χ2v) is 16.8. The van der Waals surface area contributed by atoms with Crippen LogP contribution < -0.4 is 9.75 Å². The topological polar surface area (TPSA) is 51.6 Å². The van der Waals surface area contributed by atoms with E-state index in [1.165, 1.54) is 55.3 Å². The number of nitrogens with zero attached hydrogens (tertiary/aromatic N) is 4. The van der Waals surface area contributed by atoms with E-state index in [1.54, 1.807) is 11.3 Å². The summed E-state index contributed by atoms with van der Waals surface area (Å²) in [7, 11) is 0. The molecule has 9 aromatic rings. The lowest BCUT2D eigenvalue weighted by molar-refractivity contribution is 0.786. The second kappa shape index (κ2) is 12.5. The van der Waals surface area contributed by atoms with Crippen LogP contribution in [0.2, 0.25) is 0 Å². The average Bonchev–Trinajstić information content (AvgIpc) is 3.94. The summed E-state index contributed by atoms with van der Waals surface area (Å²) in [6.45, 7) is 0. The van der Waals surface area contributed by atoms with Gasteiger partial charge in [-0.15, -0.1) is 34.0 Å². The number of thiazole rings is 1. The smallest absolute Gasteiger partial charge is 0.165 e. The van der Waals surface area contributed by atoms with Gasteiger partial charge in [0.15, 0.2) is 17.5 Å². The molecule has 2 unspecified atom stereocenters. The van der Waals surface area contributed by atoms with Crippen molar-refractivity contribution in [3.05, 3.63) is 154 Å². The molecule has 7 heteroatoms. The third-order valence-electron chi connectivity index (χ3n) is 10.4. The predicted molar refractivity (Wildman–Crippen MR) is 225 cm³/mol. The van der Waals surface area contributed by atoms with Crippen molar-refractivity contribution in [3.8, 4) is 34.2 Å². The van der Waals surface area contributed by atoms with E-state index in [-0.39, 0.29) is 0 Å². The molecule has 0 radical (unpaired) electrons. The van der Waals surface area contributed by atoms with Crippen LogP contribution in [0.5, 0.6) is 0 Å². The van der Waals surface area contributed by atoms with Gasteiger partial charge in [-0.2, -0.15) is 0 Å². The van der Waals surface area contributed by atoms with Gasteiger partial charge in [-0.25, -0.2) is 19.9 Å². The largest absolute Gasteiger partial charge is 0.241 e. The van der Waals surface area contributed by atoms with Gasteiger partial charge >= 0.3 is 0 Å². The fourth-order valence-corrected chi connectivity index (χ4v) is 11.3. The zero-order chi connectivity index (χ0) is 34.9. The van der Waals surface area contributed by atoms with Crippen LogP contribution in [0.25, 0.3) is 86.8 Å². The van der Waals surface area contributed by atoms with Crippen LogP contribution in [0.15, 0.2) is 139 Å². The van der Waals surface area contributed by atoms with Crippen molar-refractivity contribution in [2.45, 2.75) is 18.8 Å². The number of thiophene rings is 2. The van der Waals surface area contributed by atoms with Gasteiger partial charge in [0, 0.05) is 63.3 Å². The first kappa shape index (κ1) is 31.0. The molecule has 4 aromatic heterocycles. The second-order valence-electron chi connectivity index (χ2n) is 13.7. The van der Waals surface area contributed by atoms with Gasteiger partial charge in [0.1, 0.15) is 5.01 Å². The fourth-order valence-electron chi connectivity index (χ4n) is 7.79. The molecular weight excluding hydrogens is 705 g/mol. The highest BCUT2D eigenvalue weighted by Gasteiger charge is 2.22. The minimum Gasteiger partial charge on any atom is -0.241 e. The molecule has 0 aliphatic heterocycles. The number of rotatable bonds is 5. The summed E-state index contributed by atoms with van der Waals surface area (Å²) in [5, 5.41) is 6.27. The van der Waals surface area contributed by atoms with E-state index in [0.29, 0.717) is 29.3 Å². The lowest BCUT2D eigenvalue weighted by Gasteiger charge is -2.20. The van der Waals surface area contributed by atoms with Gasteiger partial charge in [-0.3, -0.25) is 0 Å². The van der Waals surface area contributed by atoms with E-state index in [0.717, 1.165) is 35.0 Å². The Morgan fingerprint density at radius 1 is 0.509 bits per heavy atom. The van der Waals surface area contributed by atoms with Gasteiger partial charge in [-0.05, 0) is 54.0 Å². The molecule has 5 aromatic carbocycles. The molecule has 0 amide bonds. The number of hydrogen-bond acceptors (Lipinski definition) is 7. The molecule has 0 fully saturated rings. The van der Waals surface area contributed by atoms with Gasteiger partial charge in [0.25, 0.3) is 0 Å². The number of para-hydroxylation sites is 1. The third kappa shape index (κ3) is 5.30. The Morgan fingerprint density at radius 2 is 1.19 bits per heavy atom. The normalized spacial score (nSPS) is 16.9. The highest BCUT2D eigenvalue weighted by molar-refractivity contribution is 7.26. The molecule has 0 spiro atoms. The molecule has 0 N–H and O–H groups in total. The summed E-state index contributed by atoms with van der Waals surface area (Å²) < 4.78 is 6.26. The van der Waals surface area contributed by atoms with Crippen molar-refractivity contribution < 1.29 is 0 Å². The van der Waals surface area contributed by atoms with Crippen LogP contribution in [-0.2, 0) is 0 Å². The first-order chi connectivity index (χ1) is 26.2. The maximum Gasteiger partial charge on any atom is 0.165 e. The molecule has 2 aliphatic rings. The van der Waals surface area contributed by atoms with Crippen molar-refractivity contribution in [2.24, 2.45) is 5.92 Å². The van der Waals surface area contributed by atoms with Gasteiger partial charge in [0.2, 0.25) is 0 Å². The van der Waals surface area contributed by atoms with Crippen molar-refractivity contribution in [1.82, 2.24) is 19.9 Å². The van der Waals surface area contributed by atoms with E-state index in [4.69, 9.17) is 19.9 Å². The molecule has 4 nitrogen and oxygen atoms in total. The summed E-state index contributed by atoms with van der Waals surface area (Å²) in [4.78, 5) is 20.5. The quantitative estimate of drug-likeness (QED) is 0.177. The van der Waals surface area contributed by atoms with Crippen molar-refractivity contribution in [3.63, 3.8) is 0 Å². The molecular formula is C46H30N4S3. The Bertz CT molecular complexity index is 3060. The summed E-state index contributed by atoms with van der Waals surface area (Å²) >= 11 is 5.46. The zero-order valence-electron chi connectivity index (χ0n) is 28.4. The molecule has 0 saturated heterocycles. The molecule has 11 rings (SSSR count). The van der Waals surface area contributed by atoms with E-state index < -0.39 is 0 Å². The van der Waals surface area contributed by atoms with E-state index >= 15 is 0 Å². The van der Waals surface area contributed by atoms with Crippen LogP contribution in [0.4, 0.5) is 0 Å². The van der Waals surface area contributed by atoms with Crippen LogP contribution in [0.3, 0.4) is 0 Å². The monoisotopic (exact) mass is 734 g/mol. The summed E-state index contributed by atoms with van der Waals surface area (Å²) in [5.41, 5.74) is 5.54. The van der Waals surface area contributed by atoms with Crippen molar-refractivity contribution >= 4 is 86.6 Å². The summed E-state index contributed by atoms with van der Waals surface area (Å²) in [5.74, 6) is 2.75. The van der Waals surface area contributed by atoms with Gasteiger partial charge in [-0.1, -0.05) is 115 Å². The highest BCUT2D eigenvalue weighted by Crippen LogP contribution is 2.40. The predicted octanol–water partition coefficient (Wildman–Crippen LogP) is 11.3. The number of hydrogen-bond donors (Lipinski definition) is 0. The van der Waals surface area contributed by atoms with E-state index in [9.17, 15) is 0 Å². The first-order valence-electron chi connectivity index (χ1n) is 17.9. The SMILES string of the molecule is C1=CC(c2nc3ccccc3s2)CC=C1C1C=c2c(sc3c(-c4nc(-c5ccccc5)nc(-c5cccc6c5sc5ccccc56)n4)cccc23)=CC1. The van der Waals surface area contributed by atoms with E-state index in [2.05, 4.69) is 127 Å². The summed E-state index contributed by atoms with van der Waals surface area (Å²) in [6, 6.07) is 40.4. The van der Waals surface area contributed by atoms with E-state index in [1.807, 2.05) is 40.9 Å². The minimum absolute atomic E-state index is 0.334. The molecule has 252 valence electrons. The van der Waals surface area contributed by atoms with Crippen LogP contribution in [0.1, 0.15) is 23.8 Å². The Kier molecular flexibility index (Phi) is 7.32. The lowest BCUT2D eigenvalue weighted by Crippen LogP contribution is -2.25. The minimum atomic E-state index is 0.334. The maximum absolute atomic E-state index is 5.26. The molecule has 2 aliphatic carbocycles. The van der Waals surface area contributed by atoms with Crippen molar-refractivity contribution in [1.29, 1.82) is 0 Å². The Hall–Kier alpha value is -5.60. The number of allylic oxidation sites excluding steroid dienone is 4. The van der Waals surface area contributed by atoms with Crippen LogP contribution >= 0.6 is 34.0 Å². The number of fused-ring (bicyclic) bond motifs is 7. The maximum atomic E-state index is 5.26. The summed E-state index contributed by atoms with van der Waals surface area (Å²) in [6.07, 6.45) is 14.0. The number of aromatic nitrogens is 4. The van der Waals surface area contributed by atoms with Crippen LogP contribution in [0, 0.1) is 5.92 Å². The zero-order valence-corrected chi connectivity index (χ0v) is 30.9. The molecule has 4 heterocycles. The Labute approximate surface area is 317 Å². The number of benzene rings is 5. The van der Waals surface area contributed by atoms with Crippen molar-refractivity contribution in [2.75, 3.05) is 0 Å². The van der Waals surface area contributed by atoms with Gasteiger partial charge < -0.3 is 0 Å². The first-order valence-corrected chi connectivity index (χ1v) is 20.4. The highest BCUT2D eigenvalue weighted by atomic mass is 32.1. The molecule has 2 atom stereocenters. The molecule has 0 bridgehead atoms. The lowest BCUT2D eigenvalue weighted by atomic mass is 9.86. The van der Waals surface area contributed by atoms with Crippen LogP contribution in [-0.4, -0.2) is 19.9 Å². The fraction of sp³-hybridized carbons (Fsp3) is 0.0870. The Morgan fingerprint density at radius 3 is 1.98 bits per heavy atom. The Balaban J connectivity index is 0.999.